The van der Waals surface area contributed by atoms with Crippen LogP contribution >= 0.6 is 0 Å². The van der Waals surface area contributed by atoms with Gasteiger partial charge in [0.25, 0.3) is 5.91 Å². The molecule has 0 aliphatic carbocycles. The molecule has 1 amide bonds. The summed E-state index contributed by atoms with van der Waals surface area (Å²) in [6, 6.07) is 15.5. The molecule has 0 radical (unpaired) electrons. The molecule has 6 heteroatoms. The number of rotatable bonds is 8. The van der Waals surface area contributed by atoms with Gasteiger partial charge in [0.15, 0.2) is 0 Å². The van der Waals surface area contributed by atoms with E-state index in [1.807, 2.05) is 30.3 Å². The SMILES string of the molecule is CCCCc1ccc(N/C=C(/C#N)C(=O)Nc2cccc(C(=O)O)c2)cc1. The molecule has 2 aromatic carbocycles. The lowest BCUT2D eigenvalue weighted by Gasteiger charge is -2.07. The van der Waals surface area contributed by atoms with E-state index >= 15 is 0 Å². The predicted octanol–water partition coefficient (Wildman–Crippen LogP) is 4.19. The van der Waals surface area contributed by atoms with E-state index in [0.29, 0.717) is 5.69 Å². The van der Waals surface area contributed by atoms with Crippen molar-refractivity contribution in [1.82, 2.24) is 0 Å². The first-order chi connectivity index (χ1) is 13.0. The van der Waals surface area contributed by atoms with E-state index in [1.54, 1.807) is 6.07 Å². The van der Waals surface area contributed by atoms with Crippen molar-refractivity contribution in [1.29, 1.82) is 5.26 Å². The molecule has 0 unspecified atom stereocenters. The number of nitriles is 1. The highest BCUT2D eigenvalue weighted by Gasteiger charge is 2.11. The average molecular weight is 363 g/mol. The summed E-state index contributed by atoms with van der Waals surface area (Å²) in [5.41, 5.74) is 2.25. The van der Waals surface area contributed by atoms with E-state index in [1.165, 1.54) is 30.0 Å². The summed E-state index contributed by atoms with van der Waals surface area (Å²) in [5, 5.41) is 23.7. The molecule has 0 spiro atoms. The van der Waals surface area contributed by atoms with Gasteiger partial charge in [-0.05, 0) is 48.7 Å². The molecule has 0 aliphatic heterocycles. The number of carboxylic acids is 1. The van der Waals surface area contributed by atoms with Crippen molar-refractivity contribution in [2.24, 2.45) is 0 Å². The molecule has 138 valence electrons. The third-order valence-corrected chi connectivity index (χ3v) is 3.89. The Labute approximate surface area is 158 Å². The van der Waals surface area contributed by atoms with Gasteiger partial charge < -0.3 is 15.7 Å². The molecule has 27 heavy (non-hydrogen) atoms. The van der Waals surface area contributed by atoms with Crippen molar-refractivity contribution in [3.63, 3.8) is 0 Å². The van der Waals surface area contributed by atoms with Gasteiger partial charge in [-0.3, -0.25) is 4.79 Å². The summed E-state index contributed by atoms with van der Waals surface area (Å²) in [7, 11) is 0. The largest absolute Gasteiger partial charge is 0.478 e. The van der Waals surface area contributed by atoms with Gasteiger partial charge >= 0.3 is 5.97 Å². The van der Waals surface area contributed by atoms with Crippen LogP contribution in [0, 0.1) is 11.3 Å². The first kappa shape index (κ1) is 19.7. The van der Waals surface area contributed by atoms with Gasteiger partial charge in [-0.1, -0.05) is 31.5 Å². The van der Waals surface area contributed by atoms with Crippen LogP contribution in [0.25, 0.3) is 0 Å². The van der Waals surface area contributed by atoms with Crippen LogP contribution in [0.15, 0.2) is 60.3 Å². The number of nitrogens with zero attached hydrogens (tertiary/aromatic N) is 1. The number of carboxylic acid groups (broad SMARTS) is 1. The Kier molecular flexibility index (Phi) is 7.15. The van der Waals surface area contributed by atoms with Crippen molar-refractivity contribution in [2.75, 3.05) is 10.6 Å². The lowest BCUT2D eigenvalue weighted by Crippen LogP contribution is -2.15. The molecule has 0 aromatic heterocycles. The number of carbonyl (C=O) groups excluding carboxylic acids is 1. The first-order valence-electron chi connectivity index (χ1n) is 8.64. The number of nitrogens with one attached hydrogen (secondary N) is 2. The van der Waals surface area contributed by atoms with Gasteiger partial charge in [0, 0.05) is 17.6 Å². The third-order valence-electron chi connectivity index (χ3n) is 3.89. The minimum Gasteiger partial charge on any atom is -0.478 e. The topological polar surface area (TPSA) is 102 Å². The molecule has 3 N–H and O–H groups in total. The summed E-state index contributed by atoms with van der Waals surface area (Å²) in [4.78, 5) is 23.2. The fourth-order valence-corrected chi connectivity index (χ4v) is 2.38. The van der Waals surface area contributed by atoms with E-state index in [9.17, 15) is 14.9 Å². The van der Waals surface area contributed by atoms with Gasteiger partial charge in [-0.25, -0.2) is 4.79 Å². The van der Waals surface area contributed by atoms with Crippen molar-refractivity contribution in [2.45, 2.75) is 26.2 Å². The monoisotopic (exact) mass is 363 g/mol. The number of aromatic carboxylic acids is 1. The van der Waals surface area contributed by atoms with Crippen LogP contribution in [-0.2, 0) is 11.2 Å². The molecule has 0 aliphatic rings. The highest BCUT2D eigenvalue weighted by atomic mass is 16.4. The van der Waals surface area contributed by atoms with Crippen molar-refractivity contribution in [3.8, 4) is 6.07 Å². The number of amides is 1. The molecule has 2 rings (SSSR count). The zero-order chi connectivity index (χ0) is 19.6. The Balaban J connectivity index is 2.02. The molecule has 0 heterocycles. The molecular weight excluding hydrogens is 342 g/mol. The van der Waals surface area contributed by atoms with Crippen molar-refractivity contribution >= 4 is 23.3 Å². The predicted molar refractivity (Wildman–Crippen MR) is 104 cm³/mol. The lowest BCUT2D eigenvalue weighted by molar-refractivity contribution is -0.112. The summed E-state index contributed by atoms with van der Waals surface area (Å²) in [5.74, 6) is -1.71. The molecular formula is C21H21N3O3. The average Bonchev–Trinajstić information content (AvgIpc) is 2.68. The fraction of sp³-hybridized carbons (Fsp3) is 0.190. The second-order valence-corrected chi connectivity index (χ2v) is 5.95. The second kappa shape index (κ2) is 9.78. The van der Waals surface area contributed by atoms with Crippen LogP contribution in [-0.4, -0.2) is 17.0 Å². The minimum atomic E-state index is -1.09. The van der Waals surface area contributed by atoms with Crippen molar-refractivity contribution < 1.29 is 14.7 Å². The normalized spacial score (nSPS) is 10.7. The van der Waals surface area contributed by atoms with Gasteiger partial charge in [-0.15, -0.1) is 0 Å². The van der Waals surface area contributed by atoms with Gasteiger partial charge in [0.1, 0.15) is 11.6 Å². The molecule has 2 aromatic rings. The number of unbranched alkanes of at least 4 members (excludes halogenated alkanes) is 1. The van der Waals surface area contributed by atoms with Crippen LogP contribution in [0.3, 0.4) is 0 Å². The smallest absolute Gasteiger partial charge is 0.335 e. The number of anilines is 2. The number of aryl methyl sites for hydroxylation is 1. The quantitative estimate of drug-likeness (QED) is 0.482. The lowest BCUT2D eigenvalue weighted by atomic mass is 10.1. The maximum atomic E-state index is 12.2. The number of carbonyl (C=O) groups is 2. The summed E-state index contributed by atoms with van der Waals surface area (Å²) < 4.78 is 0. The number of hydrogen-bond acceptors (Lipinski definition) is 4. The molecule has 0 saturated heterocycles. The molecule has 0 bridgehead atoms. The highest BCUT2D eigenvalue weighted by Crippen LogP contribution is 2.14. The van der Waals surface area contributed by atoms with Crippen molar-refractivity contribution in [3.05, 3.63) is 71.4 Å². The Hall–Kier alpha value is -3.59. The first-order valence-corrected chi connectivity index (χ1v) is 8.64. The fourth-order valence-electron chi connectivity index (χ4n) is 2.38. The Morgan fingerprint density at radius 2 is 1.89 bits per heavy atom. The molecule has 6 nitrogen and oxygen atoms in total. The van der Waals surface area contributed by atoms with E-state index in [2.05, 4.69) is 17.6 Å². The zero-order valence-electron chi connectivity index (χ0n) is 15.0. The second-order valence-electron chi connectivity index (χ2n) is 5.95. The Bertz CT molecular complexity index is 880. The van der Waals surface area contributed by atoms with E-state index in [0.717, 1.165) is 24.9 Å². The molecule has 0 saturated carbocycles. The van der Waals surface area contributed by atoms with Gasteiger partial charge in [-0.2, -0.15) is 5.26 Å². The van der Waals surface area contributed by atoms with Crippen LogP contribution in [0.2, 0.25) is 0 Å². The molecule has 0 fully saturated rings. The van der Waals surface area contributed by atoms with Gasteiger partial charge in [0.05, 0.1) is 5.56 Å². The minimum absolute atomic E-state index is 0.0524. The van der Waals surface area contributed by atoms with E-state index < -0.39 is 11.9 Å². The van der Waals surface area contributed by atoms with E-state index in [-0.39, 0.29) is 11.1 Å². The number of hydrogen-bond donors (Lipinski definition) is 3. The highest BCUT2D eigenvalue weighted by molar-refractivity contribution is 6.07. The summed E-state index contributed by atoms with van der Waals surface area (Å²) in [6.07, 6.45) is 4.62. The van der Waals surface area contributed by atoms with Crippen LogP contribution in [0.4, 0.5) is 11.4 Å². The summed E-state index contributed by atoms with van der Waals surface area (Å²) >= 11 is 0. The Morgan fingerprint density at radius 1 is 1.15 bits per heavy atom. The van der Waals surface area contributed by atoms with Crippen LogP contribution in [0.5, 0.6) is 0 Å². The van der Waals surface area contributed by atoms with E-state index in [4.69, 9.17) is 5.11 Å². The number of benzene rings is 2. The third kappa shape index (κ3) is 6.01. The van der Waals surface area contributed by atoms with Crippen LogP contribution < -0.4 is 10.6 Å². The Morgan fingerprint density at radius 3 is 2.52 bits per heavy atom. The van der Waals surface area contributed by atoms with Gasteiger partial charge in [0.2, 0.25) is 0 Å². The maximum absolute atomic E-state index is 12.2. The summed E-state index contributed by atoms with van der Waals surface area (Å²) in [6.45, 7) is 2.15. The van der Waals surface area contributed by atoms with Crippen LogP contribution in [0.1, 0.15) is 35.7 Å². The maximum Gasteiger partial charge on any atom is 0.335 e. The molecule has 0 atom stereocenters. The standard InChI is InChI=1S/C21H21N3O3/c1-2-3-5-15-8-10-18(11-9-15)23-14-17(13-22)20(25)24-19-7-4-6-16(12-19)21(26)27/h4,6-12,14,23H,2-3,5H2,1H3,(H,24,25)(H,26,27)/b17-14-. The zero-order valence-corrected chi connectivity index (χ0v) is 15.0.